The highest BCUT2D eigenvalue weighted by Crippen LogP contribution is 2.35. The second kappa shape index (κ2) is 6.98. The summed E-state index contributed by atoms with van der Waals surface area (Å²) in [6.45, 7) is 1.64. The number of aromatic amines is 1. The van der Waals surface area contributed by atoms with Gasteiger partial charge in [-0.3, -0.25) is 4.90 Å². The lowest BCUT2D eigenvalue weighted by molar-refractivity contribution is 0.196. The number of aromatic nitrogens is 4. The number of imidazole rings is 1. The lowest BCUT2D eigenvalue weighted by atomic mass is 9.95. The molecule has 1 aliphatic rings. The molecule has 2 aromatic heterocycles. The van der Waals surface area contributed by atoms with E-state index in [1.807, 2.05) is 41.2 Å². The summed E-state index contributed by atoms with van der Waals surface area (Å²) in [6, 6.07) is 19.7. The average Bonchev–Trinajstić information content (AvgIpc) is 3.38. The smallest absolute Gasteiger partial charge is 0.115 e. The second-order valence-corrected chi connectivity index (χ2v) is 7.05. The Labute approximate surface area is 163 Å². The van der Waals surface area contributed by atoms with E-state index in [-0.39, 0.29) is 11.8 Å². The standard InChI is InChI=1S/C22H21N5O/c28-19-8-4-5-16(13-19)22-21-20(23-15-24-21)10-12-26(22)14-18-9-11-25-27(18)17-6-2-1-3-7-17/h1-9,11,13,15,22,28H,10,12,14H2,(H,23,24)/t22-/m1/s1. The minimum Gasteiger partial charge on any atom is -0.508 e. The molecule has 0 bridgehead atoms. The van der Waals surface area contributed by atoms with Gasteiger partial charge >= 0.3 is 0 Å². The number of fused-ring (bicyclic) bond motifs is 1. The van der Waals surface area contributed by atoms with Crippen molar-refractivity contribution < 1.29 is 5.11 Å². The van der Waals surface area contributed by atoms with Gasteiger partial charge in [-0.05, 0) is 35.9 Å². The maximum Gasteiger partial charge on any atom is 0.115 e. The molecule has 5 rings (SSSR count). The van der Waals surface area contributed by atoms with Crippen LogP contribution in [0.2, 0.25) is 0 Å². The fourth-order valence-corrected chi connectivity index (χ4v) is 4.02. The Bertz CT molecular complexity index is 1090. The van der Waals surface area contributed by atoms with Gasteiger partial charge in [-0.2, -0.15) is 5.10 Å². The monoisotopic (exact) mass is 371 g/mol. The van der Waals surface area contributed by atoms with Gasteiger partial charge in [0.05, 0.1) is 29.4 Å². The van der Waals surface area contributed by atoms with E-state index >= 15 is 0 Å². The van der Waals surface area contributed by atoms with E-state index in [1.165, 1.54) is 5.69 Å². The van der Waals surface area contributed by atoms with Crippen molar-refractivity contribution in [2.24, 2.45) is 0 Å². The zero-order valence-corrected chi connectivity index (χ0v) is 15.4. The molecule has 0 unspecified atom stereocenters. The lowest BCUT2D eigenvalue weighted by Crippen LogP contribution is -2.36. The Balaban J connectivity index is 1.52. The van der Waals surface area contributed by atoms with Crippen molar-refractivity contribution in [3.8, 4) is 11.4 Å². The van der Waals surface area contributed by atoms with Crippen LogP contribution in [0, 0.1) is 0 Å². The Kier molecular flexibility index (Phi) is 4.18. The van der Waals surface area contributed by atoms with Crippen LogP contribution in [0.4, 0.5) is 0 Å². The van der Waals surface area contributed by atoms with E-state index in [0.29, 0.717) is 0 Å². The Hall–Kier alpha value is -3.38. The molecule has 28 heavy (non-hydrogen) atoms. The molecule has 6 nitrogen and oxygen atoms in total. The quantitative estimate of drug-likeness (QED) is 0.576. The van der Waals surface area contributed by atoms with Crippen molar-refractivity contribution in [2.75, 3.05) is 6.54 Å². The van der Waals surface area contributed by atoms with Crippen molar-refractivity contribution in [1.82, 2.24) is 24.6 Å². The van der Waals surface area contributed by atoms with Gasteiger partial charge in [0.15, 0.2) is 0 Å². The molecule has 1 aliphatic heterocycles. The summed E-state index contributed by atoms with van der Waals surface area (Å²) in [5.74, 6) is 0.273. The highest BCUT2D eigenvalue weighted by atomic mass is 16.3. The largest absolute Gasteiger partial charge is 0.508 e. The van der Waals surface area contributed by atoms with Crippen LogP contribution in [0.15, 0.2) is 73.2 Å². The molecule has 0 spiro atoms. The molecule has 0 saturated carbocycles. The van der Waals surface area contributed by atoms with Gasteiger partial charge < -0.3 is 10.1 Å². The van der Waals surface area contributed by atoms with E-state index < -0.39 is 0 Å². The third-order valence-corrected chi connectivity index (χ3v) is 5.30. The Morgan fingerprint density at radius 1 is 1.07 bits per heavy atom. The van der Waals surface area contributed by atoms with E-state index in [0.717, 1.165) is 42.1 Å². The van der Waals surface area contributed by atoms with E-state index in [9.17, 15) is 5.11 Å². The number of H-pyrrole nitrogens is 1. The third-order valence-electron chi connectivity index (χ3n) is 5.30. The number of aromatic hydroxyl groups is 1. The van der Waals surface area contributed by atoms with Crippen molar-refractivity contribution in [3.63, 3.8) is 0 Å². The number of para-hydroxylation sites is 1. The van der Waals surface area contributed by atoms with Crippen LogP contribution >= 0.6 is 0 Å². The van der Waals surface area contributed by atoms with Gasteiger partial charge in [-0.25, -0.2) is 9.67 Å². The minimum atomic E-state index is -0.0128. The van der Waals surface area contributed by atoms with E-state index in [4.69, 9.17) is 0 Å². The van der Waals surface area contributed by atoms with Crippen molar-refractivity contribution in [3.05, 3.63) is 95.8 Å². The molecule has 0 saturated heterocycles. The highest BCUT2D eigenvalue weighted by Gasteiger charge is 2.31. The molecule has 6 heteroatoms. The molecule has 3 heterocycles. The van der Waals surface area contributed by atoms with E-state index in [2.05, 4.69) is 44.2 Å². The molecule has 0 fully saturated rings. The summed E-state index contributed by atoms with van der Waals surface area (Å²) in [7, 11) is 0. The number of phenols is 1. The van der Waals surface area contributed by atoms with Crippen molar-refractivity contribution in [1.29, 1.82) is 0 Å². The average molecular weight is 371 g/mol. The first-order valence-corrected chi connectivity index (χ1v) is 9.43. The Morgan fingerprint density at radius 3 is 2.82 bits per heavy atom. The van der Waals surface area contributed by atoms with Crippen LogP contribution in [-0.2, 0) is 13.0 Å². The number of rotatable bonds is 4. The first-order chi connectivity index (χ1) is 13.8. The maximum atomic E-state index is 10.0. The first-order valence-electron chi connectivity index (χ1n) is 9.43. The summed E-state index contributed by atoms with van der Waals surface area (Å²) >= 11 is 0. The normalized spacial score (nSPS) is 16.8. The van der Waals surface area contributed by atoms with Gasteiger partial charge in [0.1, 0.15) is 5.75 Å². The summed E-state index contributed by atoms with van der Waals surface area (Å²) in [4.78, 5) is 10.3. The second-order valence-electron chi connectivity index (χ2n) is 7.05. The van der Waals surface area contributed by atoms with Gasteiger partial charge in [-0.1, -0.05) is 30.3 Å². The zero-order chi connectivity index (χ0) is 18.9. The summed E-state index contributed by atoms with van der Waals surface area (Å²) in [5, 5.41) is 14.5. The topological polar surface area (TPSA) is 70.0 Å². The van der Waals surface area contributed by atoms with Crippen molar-refractivity contribution in [2.45, 2.75) is 19.0 Å². The Morgan fingerprint density at radius 2 is 1.96 bits per heavy atom. The summed E-state index contributed by atoms with van der Waals surface area (Å²) in [5.41, 5.74) is 5.41. The summed E-state index contributed by atoms with van der Waals surface area (Å²) < 4.78 is 1.99. The molecule has 0 radical (unpaired) electrons. The van der Waals surface area contributed by atoms with E-state index in [1.54, 1.807) is 12.4 Å². The van der Waals surface area contributed by atoms with Crippen LogP contribution in [0.25, 0.3) is 5.69 Å². The van der Waals surface area contributed by atoms with Gasteiger partial charge in [0.25, 0.3) is 0 Å². The maximum absolute atomic E-state index is 10.0. The number of phenolic OH excluding ortho intramolecular Hbond substituents is 1. The number of nitrogens with zero attached hydrogens (tertiary/aromatic N) is 4. The predicted molar refractivity (Wildman–Crippen MR) is 106 cm³/mol. The molecule has 0 amide bonds. The van der Waals surface area contributed by atoms with Crippen LogP contribution in [-0.4, -0.2) is 36.3 Å². The van der Waals surface area contributed by atoms with Crippen LogP contribution in [0.5, 0.6) is 5.75 Å². The van der Waals surface area contributed by atoms with Crippen LogP contribution in [0.1, 0.15) is 28.7 Å². The third kappa shape index (κ3) is 2.97. The molecule has 0 aliphatic carbocycles. The molecule has 140 valence electrons. The number of nitrogens with one attached hydrogen (secondary N) is 1. The highest BCUT2D eigenvalue weighted by molar-refractivity contribution is 5.37. The zero-order valence-electron chi connectivity index (χ0n) is 15.4. The SMILES string of the molecule is Oc1cccc([C@@H]2c3nc[nH]c3CCN2Cc2ccnn2-c2ccccc2)c1. The van der Waals surface area contributed by atoms with Crippen LogP contribution < -0.4 is 0 Å². The molecule has 2 N–H and O–H groups in total. The first kappa shape index (κ1) is 16.8. The molecular weight excluding hydrogens is 350 g/mol. The van der Waals surface area contributed by atoms with Gasteiger partial charge in [0, 0.05) is 31.4 Å². The van der Waals surface area contributed by atoms with Gasteiger partial charge in [0.2, 0.25) is 0 Å². The predicted octanol–water partition coefficient (Wildman–Crippen LogP) is 3.45. The summed E-state index contributed by atoms with van der Waals surface area (Å²) in [6.07, 6.45) is 4.53. The van der Waals surface area contributed by atoms with Crippen LogP contribution in [0.3, 0.4) is 0 Å². The van der Waals surface area contributed by atoms with Crippen molar-refractivity contribution >= 4 is 0 Å². The molecule has 2 aromatic carbocycles. The number of benzene rings is 2. The minimum absolute atomic E-state index is 0.0128. The van der Waals surface area contributed by atoms with Gasteiger partial charge in [-0.15, -0.1) is 0 Å². The fourth-order valence-electron chi connectivity index (χ4n) is 4.02. The number of hydrogen-bond acceptors (Lipinski definition) is 4. The fraction of sp³-hybridized carbons (Fsp3) is 0.182. The molecule has 1 atom stereocenters. The molecular formula is C22H21N5O. The number of hydrogen-bond donors (Lipinski definition) is 2. The lowest BCUT2D eigenvalue weighted by Gasteiger charge is -2.35. The molecule has 4 aromatic rings.